The van der Waals surface area contributed by atoms with Gasteiger partial charge in [0.05, 0.1) is 18.1 Å². The Morgan fingerprint density at radius 2 is 1.59 bits per heavy atom. The zero-order valence-electron chi connectivity index (χ0n) is 15.1. The van der Waals surface area contributed by atoms with E-state index in [9.17, 15) is 27.2 Å². The van der Waals surface area contributed by atoms with E-state index in [1.165, 1.54) is 13.0 Å². The average molecular weight is 390 g/mol. The highest BCUT2D eigenvalue weighted by Crippen LogP contribution is 2.65. The largest absolute Gasteiger partial charge is 0.491 e. The summed E-state index contributed by atoms with van der Waals surface area (Å²) in [6, 6.07) is 0. The first kappa shape index (κ1) is 20.7. The summed E-state index contributed by atoms with van der Waals surface area (Å²) >= 11 is 0. The molecule has 2 rings (SSSR count). The zero-order chi connectivity index (χ0) is 20.7. The Morgan fingerprint density at radius 1 is 1.11 bits per heavy atom. The summed E-state index contributed by atoms with van der Waals surface area (Å²) < 4.78 is 64.6. The fourth-order valence-electron chi connectivity index (χ4n) is 2.97. The van der Waals surface area contributed by atoms with Crippen LogP contribution in [0.2, 0.25) is 0 Å². The number of benzene rings is 1. The number of carboxylic acids is 1. The van der Waals surface area contributed by atoms with Gasteiger partial charge in [0, 0.05) is 5.57 Å². The summed E-state index contributed by atoms with van der Waals surface area (Å²) in [6.45, 7) is 3.60. The third-order valence-corrected chi connectivity index (χ3v) is 4.83. The van der Waals surface area contributed by atoms with Crippen molar-refractivity contribution >= 4 is 11.9 Å². The van der Waals surface area contributed by atoms with Gasteiger partial charge in [-0.1, -0.05) is 19.9 Å². The van der Waals surface area contributed by atoms with Gasteiger partial charge in [0.15, 0.2) is 17.4 Å². The van der Waals surface area contributed by atoms with Crippen LogP contribution in [0.3, 0.4) is 0 Å². The fourth-order valence-corrected chi connectivity index (χ4v) is 2.97. The lowest BCUT2D eigenvalue weighted by Gasteiger charge is -2.17. The van der Waals surface area contributed by atoms with E-state index in [4.69, 9.17) is 9.84 Å². The van der Waals surface area contributed by atoms with Crippen LogP contribution in [0.5, 0.6) is 5.75 Å². The Morgan fingerprint density at radius 3 is 1.96 bits per heavy atom. The third kappa shape index (κ3) is 3.38. The Labute approximate surface area is 152 Å². The maximum absolute atomic E-state index is 14.0. The summed E-state index contributed by atoms with van der Waals surface area (Å²) in [7, 11) is 0.843. The van der Waals surface area contributed by atoms with Crippen LogP contribution in [0.1, 0.15) is 32.8 Å². The number of methoxy groups -OCH3 is 1. The predicted molar refractivity (Wildman–Crippen MR) is 84.8 cm³/mol. The number of carboxylic acid groups (broad SMARTS) is 1. The van der Waals surface area contributed by atoms with E-state index in [0.717, 1.165) is 7.11 Å². The molecule has 9 heteroatoms. The molecule has 148 valence electrons. The SMILES string of the molecule is COc1c(F)c(F)c(COC(=O)C2(C=C(C)C(=O)O)CC2(C)C)c(F)c1F. The molecule has 1 aromatic carbocycles. The van der Waals surface area contributed by atoms with Crippen molar-refractivity contribution in [3.05, 3.63) is 40.5 Å². The van der Waals surface area contributed by atoms with E-state index >= 15 is 0 Å². The second kappa shape index (κ2) is 6.86. The molecule has 0 heterocycles. The summed E-state index contributed by atoms with van der Waals surface area (Å²) in [6.07, 6.45) is 1.47. The minimum absolute atomic E-state index is 0.101. The van der Waals surface area contributed by atoms with Crippen LogP contribution >= 0.6 is 0 Å². The number of halogens is 4. The standard InChI is InChI=1S/C18H18F4O5/c1-8(15(23)24)5-18(7-17(18,2)3)16(25)27-6-9-10(19)12(21)14(26-4)13(22)11(9)20/h5H,6-7H2,1-4H3,(H,23,24). The van der Waals surface area contributed by atoms with Crippen molar-refractivity contribution in [2.45, 2.75) is 33.8 Å². The van der Waals surface area contributed by atoms with Gasteiger partial charge in [-0.15, -0.1) is 0 Å². The highest BCUT2D eigenvalue weighted by atomic mass is 19.2. The number of ether oxygens (including phenoxy) is 2. The molecule has 0 bridgehead atoms. The molecule has 0 aromatic heterocycles. The Hall–Kier alpha value is -2.58. The second-order valence-corrected chi connectivity index (χ2v) is 7.01. The van der Waals surface area contributed by atoms with Crippen LogP contribution in [-0.2, 0) is 20.9 Å². The number of carbonyl (C=O) groups excluding carboxylic acids is 1. The third-order valence-electron chi connectivity index (χ3n) is 4.83. The molecule has 1 saturated carbocycles. The Balaban J connectivity index is 2.31. The number of rotatable bonds is 6. The number of aliphatic carboxylic acids is 1. The highest BCUT2D eigenvalue weighted by molar-refractivity contribution is 5.90. The van der Waals surface area contributed by atoms with E-state index in [0.29, 0.717) is 0 Å². The minimum atomic E-state index is -1.74. The van der Waals surface area contributed by atoms with Gasteiger partial charge in [-0.2, -0.15) is 8.78 Å². The molecule has 1 aromatic rings. The predicted octanol–water partition coefficient (Wildman–Crippen LogP) is 3.74. The van der Waals surface area contributed by atoms with Gasteiger partial charge in [0.25, 0.3) is 0 Å². The topological polar surface area (TPSA) is 72.8 Å². The quantitative estimate of drug-likeness (QED) is 0.347. The molecule has 0 radical (unpaired) electrons. The van der Waals surface area contributed by atoms with Crippen LogP contribution in [-0.4, -0.2) is 24.2 Å². The Bertz CT molecular complexity index is 818. The van der Waals surface area contributed by atoms with Crippen molar-refractivity contribution in [3.63, 3.8) is 0 Å². The van der Waals surface area contributed by atoms with Gasteiger partial charge in [-0.3, -0.25) is 4.79 Å². The molecule has 0 spiro atoms. The molecule has 1 aliphatic carbocycles. The molecule has 1 aliphatic rings. The summed E-state index contributed by atoms with van der Waals surface area (Å²) in [5.74, 6) is -10.4. The van der Waals surface area contributed by atoms with Gasteiger partial charge in [0.1, 0.15) is 6.61 Å². The highest BCUT2D eigenvalue weighted by Gasteiger charge is 2.66. The molecule has 27 heavy (non-hydrogen) atoms. The molecule has 1 N–H and O–H groups in total. The van der Waals surface area contributed by atoms with Crippen molar-refractivity contribution in [3.8, 4) is 5.75 Å². The molecule has 5 nitrogen and oxygen atoms in total. The van der Waals surface area contributed by atoms with Gasteiger partial charge in [-0.05, 0) is 18.8 Å². The number of carbonyl (C=O) groups is 2. The van der Waals surface area contributed by atoms with Crippen LogP contribution in [0, 0.1) is 34.1 Å². The molecule has 0 saturated heterocycles. The van der Waals surface area contributed by atoms with E-state index in [-0.39, 0.29) is 12.0 Å². The van der Waals surface area contributed by atoms with Gasteiger partial charge in [0.2, 0.25) is 11.6 Å². The number of esters is 1. The molecular formula is C18H18F4O5. The van der Waals surface area contributed by atoms with Crippen molar-refractivity contribution < 1.29 is 41.7 Å². The number of hydrogen-bond donors (Lipinski definition) is 1. The summed E-state index contributed by atoms with van der Waals surface area (Å²) in [5, 5.41) is 9.00. The molecule has 1 fully saturated rings. The molecular weight excluding hydrogens is 372 g/mol. The maximum Gasteiger partial charge on any atom is 0.330 e. The first-order valence-electron chi connectivity index (χ1n) is 7.88. The van der Waals surface area contributed by atoms with Crippen LogP contribution in [0.15, 0.2) is 11.6 Å². The van der Waals surface area contributed by atoms with Crippen LogP contribution in [0.4, 0.5) is 17.6 Å². The summed E-state index contributed by atoms with van der Waals surface area (Å²) in [5.41, 5.74) is -3.15. The molecule has 1 unspecified atom stereocenters. The lowest BCUT2D eigenvalue weighted by Crippen LogP contribution is -2.24. The van der Waals surface area contributed by atoms with Gasteiger partial charge in [-0.25, -0.2) is 13.6 Å². The summed E-state index contributed by atoms with van der Waals surface area (Å²) in [4.78, 5) is 23.5. The lowest BCUT2D eigenvalue weighted by molar-refractivity contribution is -0.151. The van der Waals surface area contributed by atoms with E-state index in [1.54, 1.807) is 13.8 Å². The monoisotopic (exact) mass is 390 g/mol. The van der Waals surface area contributed by atoms with E-state index in [1.807, 2.05) is 0 Å². The van der Waals surface area contributed by atoms with Crippen LogP contribution < -0.4 is 4.74 Å². The fraction of sp³-hybridized carbons (Fsp3) is 0.444. The normalized spacial score (nSPS) is 21.0. The number of hydrogen-bond acceptors (Lipinski definition) is 4. The van der Waals surface area contributed by atoms with Gasteiger partial charge >= 0.3 is 11.9 Å². The second-order valence-electron chi connectivity index (χ2n) is 7.01. The molecule has 0 amide bonds. The minimum Gasteiger partial charge on any atom is -0.491 e. The smallest absolute Gasteiger partial charge is 0.330 e. The molecule has 1 atom stereocenters. The Kier molecular flexibility index (Phi) is 5.27. The van der Waals surface area contributed by atoms with Crippen molar-refractivity contribution in [1.29, 1.82) is 0 Å². The maximum atomic E-state index is 14.0. The van der Waals surface area contributed by atoms with Crippen molar-refractivity contribution in [2.75, 3.05) is 7.11 Å². The average Bonchev–Trinajstić information content (AvgIpc) is 3.15. The van der Waals surface area contributed by atoms with E-state index in [2.05, 4.69) is 4.74 Å². The zero-order valence-corrected chi connectivity index (χ0v) is 15.1. The first-order valence-corrected chi connectivity index (χ1v) is 7.88. The van der Waals surface area contributed by atoms with Crippen molar-refractivity contribution in [1.82, 2.24) is 0 Å². The lowest BCUT2D eigenvalue weighted by atomic mass is 9.93. The van der Waals surface area contributed by atoms with Crippen LogP contribution in [0.25, 0.3) is 0 Å². The first-order chi connectivity index (χ1) is 12.4. The van der Waals surface area contributed by atoms with E-state index < -0.39 is 64.0 Å². The van der Waals surface area contributed by atoms with Gasteiger partial charge < -0.3 is 14.6 Å². The molecule has 0 aliphatic heterocycles. The van der Waals surface area contributed by atoms with Crippen molar-refractivity contribution in [2.24, 2.45) is 10.8 Å².